The number of imide groups is 2. The molecule has 7 aromatic rings. The highest BCUT2D eigenvalue weighted by Gasteiger charge is 2.46. The summed E-state index contributed by atoms with van der Waals surface area (Å²) >= 11 is 0. The van der Waals surface area contributed by atoms with E-state index in [-0.39, 0.29) is 48.7 Å². The zero-order valence-corrected chi connectivity index (χ0v) is 40.1. The van der Waals surface area contributed by atoms with E-state index in [1.165, 1.54) is 18.2 Å². The average Bonchev–Trinajstić information content (AvgIpc) is 4.16. The van der Waals surface area contributed by atoms with Gasteiger partial charge < -0.3 is 40.9 Å². The fourth-order valence-electron chi connectivity index (χ4n) is 9.02. The number of aromatic nitrogens is 8. The molecule has 1 atom stereocenters. The van der Waals surface area contributed by atoms with E-state index in [0.29, 0.717) is 60.2 Å². The van der Waals surface area contributed by atoms with Crippen LogP contribution in [0.2, 0.25) is 0 Å². The number of benzene rings is 3. The number of hydrogen-bond acceptors (Lipinski definition) is 14. The molecule has 0 saturated carbocycles. The summed E-state index contributed by atoms with van der Waals surface area (Å²) in [6.07, 6.45) is 1.44. The first kappa shape index (κ1) is 48.1. The minimum atomic E-state index is -1.15. The molecule has 1 fully saturated rings. The van der Waals surface area contributed by atoms with Crippen LogP contribution >= 0.6 is 0 Å². The van der Waals surface area contributed by atoms with E-state index in [1.54, 1.807) is 24.3 Å². The van der Waals surface area contributed by atoms with Gasteiger partial charge in [0.1, 0.15) is 23.4 Å². The van der Waals surface area contributed by atoms with Crippen molar-refractivity contribution < 1.29 is 38.3 Å². The van der Waals surface area contributed by atoms with Gasteiger partial charge in [-0.15, -0.1) is 0 Å². The highest BCUT2D eigenvalue weighted by atomic mass is 16.5. The van der Waals surface area contributed by atoms with Crippen molar-refractivity contribution in [3.8, 4) is 5.75 Å². The zero-order valence-electron chi connectivity index (χ0n) is 40.1. The van der Waals surface area contributed by atoms with Crippen LogP contribution in [0.4, 0.5) is 23.5 Å². The third-order valence-electron chi connectivity index (χ3n) is 12.5. The van der Waals surface area contributed by atoms with Gasteiger partial charge in [0.25, 0.3) is 23.6 Å². The lowest BCUT2D eigenvalue weighted by Crippen LogP contribution is -2.54. The Labute approximate surface area is 411 Å². The number of nitrogens with two attached hydrogens (primary N) is 1. The smallest absolute Gasteiger partial charge is 0.266 e. The first-order valence-corrected chi connectivity index (χ1v) is 23.7. The normalized spacial score (nSPS) is 14.5. The van der Waals surface area contributed by atoms with Crippen LogP contribution in [0.25, 0.3) is 22.1 Å². The van der Waals surface area contributed by atoms with Crippen molar-refractivity contribution in [2.24, 2.45) is 5.73 Å². The van der Waals surface area contributed by atoms with E-state index >= 15 is 0 Å². The van der Waals surface area contributed by atoms with Crippen molar-refractivity contribution in [3.63, 3.8) is 0 Å². The predicted octanol–water partition coefficient (Wildman–Crippen LogP) is 3.83. The van der Waals surface area contributed by atoms with Crippen LogP contribution in [0.3, 0.4) is 0 Å². The largest absolute Gasteiger partial charge is 0.483 e. The third-order valence-corrected chi connectivity index (χ3v) is 12.5. The molecule has 23 nitrogen and oxygen atoms in total. The summed E-state index contributed by atoms with van der Waals surface area (Å²) in [5.41, 5.74) is 10.9. The minimum absolute atomic E-state index is 0.00177. The quantitative estimate of drug-likeness (QED) is 0.0468. The average molecular weight is 980 g/mol. The molecular formula is C49H53N15O8. The number of primary amides is 1. The Balaban J connectivity index is 0.840. The topological polar surface area (TPSA) is 289 Å². The Morgan fingerprint density at radius 1 is 0.750 bits per heavy atom. The maximum atomic E-state index is 13.4. The Morgan fingerprint density at radius 3 is 1.92 bits per heavy atom. The Morgan fingerprint density at radius 2 is 1.33 bits per heavy atom. The molecule has 7 N–H and O–H groups in total. The first-order valence-electron chi connectivity index (χ1n) is 23.7. The number of amides is 7. The number of unbranched alkanes of at least 4 members (excludes halogenated alkanes) is 1. The van der Waals surface area contributed by atoms with E-state index < -0.39 is 48.1 Å². The molecule has 7 amide bonds. The summed E-state index contributed by atoms with van der Waals surface area (Å²) in [7, 11) is 0. The van der Waals surface area contributed by atoms with Crippen LogP contribution < -0.4 is 37.1 Å². The zero-order chi connectivity index (χ0) is 50.8. The molecule has 72 heavy (non-hydrogen) atoms. The number of hydrogen-bond donors (Lipinski definition) is 6. The van der Waals surface area contributed by atoms with Gasteiger partial charge in [-0.05, 0) is 95.5 Å². The van der Waals surface area contributed by atoms with Crippen LogP contribution in [0, 0.1) is 13.8 Å². The number of aryl methyl sites for hydroxylation is 6. The number of nitrogens with zero attached hydrogens (tertiary/aromatic N) is 9. The maximum absolute atomic E-state index is 13.4. The molecule has 23 heteroatoms. The number of fused-ring (bicyclic) bond motifs is 3. The molecule has 2 aliphatic heterocycles. The number of rotatable bonds is 20. The number of carbonyl (C=O) groups excluding carboxylic acids is 7. The van der Waals surface area contributed by atoms with Gasteiger partial charge in [-0.3, -0.25) is 43.8 Å². The van der Waals surface area contributed by atoms with Crippen LogP contribution in [0.5, 0.6) is 5.75 Å². The summed E-state index contributed by atoms with van der Waals surface area (Å²) in [6.45, 7) is 9.96. The minimum Gasteiger partial charge on any atom is -0.483 e. The molecule has 0 radical (unpaired) electrons. The monoisotopic (exact) mass is 979 g/mol. The van der Waals surface area contributed by atoms with Crippen molar-refractivity contribution in [3.05, 3.63) is 100 Å². The molecular weight excluding hydrogens is 927 g/mol. The molecule has 372 valence electrons. The van der Waals surface area contributed by atoms with Gasteiger partial charge in [0.15, 0.2) is 6.61 Å². The number of piperidine rings is 1. The number of ether oxygens (including phenoxy) is 1. The van der Waals surface area contributed by atoms with E-state index in [0.717, 1.165) is 51.8 Å². The summed E-state index contributed by atoms with van der Waals surface area (Å²) in [4.78, 5) is 99.7. The van der Waals surface area contributed by atoms with Crippen molar-refractivity contribution in [2.45, 2.75) is 85.6 Å². The second-order valence-corrected chi connectivity index (χ2v) is 17.4. The van der Waals surface area contributed by atoms with Gasteiger partial charge in [0.05, 0.1) is 44.6 Å². The highest BCUT2D eigenvalue weighted by Crippen LogP contribution is 2.34. The fraction of sp³-hybridized carbons (Fsp3) is 0.327. The molecule has 2 aliphatic rings. The van der Waals surface area contributed by atoms with Gasteiger partial charge in [-0.2, -0.15) is 10.2 Å². The van der Waals surface area contributed by atoms with Gasteiger partial charge in [0.2, 0.25) is 29.6 Å². The molecule has 6 heterocycles. The second-order valence-electron chi connectivity index (χ2n) is 17.4. The number of anilines is 4. The highest BCUT2D eigenvalue weighted by molar-refractivity contribution is 6.24. The van der Waals surface area contributed by atoms with Crippen molar-refractivity contribution in [1.29, 1.82) is 0 Å². The predicted molar refractivity (Wildman–Crippen MR) is 263 cm³/mol. The SMILES string of the molecule is CCn1nc(C)cc1Nc1nc2cc(C(N)=O)ccc2n1CCCCn1c(Nc2cc(C)nn2CC)nc2cc(C(=O)NCCNC(=O)COc3cccc4c3C(=O)N(C3CCC(=O)NC3=O)C4=O)ccc21. The van der Waals surface area contributed by atoms with E-state index in [2.05, 4.69) is 45.9 Å². The van der Waals surface area contributed by atoms with E-state index in [1.807, 2.05) is 61.3 Å². The molecule has 0 bridgehead atoms. The summed E-state index contributed by atoms with van der Waals surface area (Å²) in [5.74, 6) is -1.40. The lowest BCUT2D eigenvalue weighted by Gasteiger charge is -2.27. The number of imidazole rings is 2. The van der Waals surface area contributed by atoms with Crippen molar-refractivity contribution >= 4 is 86.9 Å². The van der Waals surface area contributed by atoms with Crippen LogP contribution in [0.1, 0.15) is 92.4 Å². The van der Waals surface area contributed by atoms with Crippen LogP contribution in [0.15, 0.2) is 66.7 Å². The summed E-state index contributed by atoms with van der Waals surface area (Å²) < 4.78 is 13.6. The van der Waals surface area contributed by atoms with Gasteiger partial charge in [-0.25, -0.2) is 19.3 Å². The third kappa shape index (κ3) is 9.67. The molecule has 9 rings (SSSR count). The lowest BCUT2D eigenvalue weighted by molar-refractivity contribution is -0.136. The van der Waals surface area contributed by atoms with Gasteiger partial charge in [0, 0.05) is 68.9 Å². The van der Waals surface area contributed by atoms with Gasteiger partial charge >= 0.3 is 0 Å². The molecule has 0 spiro atoms. The summed E-state index contributed by atoms with van der Waals surface area (Å²) in [5, 5.41) is 23.7. The Bertz CT molecular complexity index is 3330. The maximum Gasteiger partial charge on any atom is 0.266 e. The number of carbonyl (C=O) groups is 7. The molecule has 4 aromatic heterocycles. The molecule has 1 saturated heterocycles. The summed E-state index contributed by atoms with van der Waals surface area (Å²) in [6, 6.07) is 17.7. The second kappa shape index (κ2) is 20.2. The van der Waals surface area contributed by atoms with E-state index in [9.17, 15) is 33.6 Å². The Kier molecular flexibility index (Phi) is 13.5. The molecule has 3 aromatic carbocycles. The van der Waals surface area contributed by atoms with Crippen LogP contribution in [-0.2, 0) is 40.6 Å². The molecule has 1 unspecified atom stereocenters. The van der Waals surface area contributed by atoms with Crippen LogP contribution in [-0.4, -0.2) is 111 Å². The first-order chi connectivity index (χ1) is 34.7. The lowest BCUT2D eigenvalue weighted by atomic mass is 10.0. The van der Waals surface area contributed by atoms with Gasteiger partial charge in [-0.1, -0.05) is 6.07 Å². The molecule has 0 aliphatic carbocycles. The fourth-order valence-corrected chi connectivity index (χ4v) is 9.02. The van der Waals surface area contributed by atoms with Crippen molar-refractivity contribution in [2.75, 3.05) is 30.3 Å². The van der Waals surface area contributed by atoms with Crippen molar-refractivity contribution in [1.82, 2.24) is 59.5 Å². The van der Waals surface area contributed by atoms with E-state index in [4.69, 9.17) is 20.4 Å². The standard InChI is InChI=1S/C49H53N15O8/c1-5-62-38(22-27(3)58-62)55-48-53-32-24-29(43(50)67)12-14-34(32)60(48)20-7-8-21-61-35-15-13-30(25-33(35)54-49(61)56-39-23-28(4)59-63(39)6-2)44(68)52-19-18-51-41(66)26-72-37-11-9-10-31-42(37)47(71)64(46(31)70)36-16-17-40(65)57-45(36)69/h9-15,22-25,36H,5-8,16-21,26H2,1-4H3,(H2,50,67)(H,51,66)(H,52,68)(H,53,55)(H,54,56)(H,57,65,69). The number of nitrogens with one attached hydrogen (secondary N) is 5. The Hall–Kier alpha value is -8.89.